The third-order valence-electron chi connectivity index (χ3n) is 2.69. The number of hydrogen-bond donors (Lipinski definition) is 0. The molecule has 0 bridgehead atoms. The average molecular weight is 409 g/mol. The first-order chi connectivity index (χ1) is 9.95. The lowest BCUT2D eigenvalue weighted by Crippen LogP contribution is -2.30. The number of thiophene rings is 1. The van der Waals surface area contributed by atoms with E-state index in [1.54, 1.807) is 41.5 Å². The second-order valence-electron chi connectivity index (χ2n) is 4.32. The highest BCUT2D eigenvalue weighted by Crippen LogP contribution is 2.27. The van der Waals surface area contributed by atoms with Gasteiger partial charge in [-0.3, -0.25) is 4.79 Å². The second kappa shape index (κ2) is 7.49. The van der Waals surface area contributed by atoms with Gasteiger partial charge in [-0.15, -0.1) is 11.3 Å². The van der Waals surface area contributed by atoms with E-state index in [2.05, 4.69) is 15.9 Å². The molecule has 2 rings (SSSR count). The predicted molar refractivity (Wildman–Crippen MR) is 90.5 cm³/mol. The van der Waals surface area contributed by atoms with Crippen molar-refractivity contribution >= 4 is 56.4 Å². The Bertz CT molecular complexity index is 648. The van der Waals surface area contributed by atoms with E-state index < -0.39 is 0 Å². The summed E-state index contributed by atoms with van der Waals surface area (Å²) in [4.78, 5) is 14.7. The first kappa shape index (κ1) is 16.6. The lowest BCUT2D eigenvalue weighted by molar-refractivity contribution is -0.132. The molecule has 0 aliphatic carbocycles. The summed E-state index contributed by atoms with van der Waals surface area (Å²) >= 11 is 16.8. The van der Waals surface area contributed by atoms with Crippen LogP contribution in [0.1, 0.15) is 4.88 Å². The summed E-state index contributed by atoms with van der Waals surface area (Å²) in [6, 6.07) is 8.84. The molecule has 0 spiro atoms. The van der Waals surface area contributed by atoms with Crippen LogP contribution in [0, 0.1) is 0 Å². The van der Waals surface area contributed by atoms with Crippen molar-refractivity contribution in [1.29, 1.82) is 0 Å². The maximum absolute atomic E-state index is 12.0. The highest BCUT2D eigenvalue weighted by Gasteiger charge is 2.12. The van der Waals surface area contributed by atoms with Gasteiger partial charge in [-0.1, -0.05) is 23.2 Å². The molecule has 1 aromatic carbocycles. The highest BCUT2D eigenvalue weighted by molar-refractivity contribution is 9.11. The molecule has 1 amide bonds. The van der Waals surface area contributed by atoms with Crippen molar-refractivity contribution in [2.75, 3.05) is 13.7 Å². The van der Waals surface area contributed by atoms with E-state index in [1.165, 1.54) is 0 Å². The molecule has 21 heavy (non-hydrogen) atoms. The third kappa shape index (κ3) is 4.88. The number of rotatable bonds is 5. The number of hydrogen-bond acceptors (Lipinski definition) is 3. The number of nitrogens with zero attached hydrogens (tertiary/aromatic N) is 1. The van der Waals surface area contributed by atoms with Gasteiger partial charge in [0.05, 0.1) is 15.4 Å². The fourth-order valence-corrected chi connectivity index (χ4v) is 3.60. The summed E-state index contributed by atoms with van der Waals surface area (Å²) in [6.07, 6.45) is 0. The minimum Gasteiger partial charge on any atom is -0.482 e. The SMILES string of the molecule is CN(Cc1ccc(Br)s1)C(=O)COc1ccc(Cl)cc1Cl. The first-order valence-electron chi connectivity index (χ1n) is 6.01. The maximum Gasteiger partial charge on any atom is 0.260 e. The molecule has 1 heterocycles. The van der Waals surface area contributed by atoms with E-state index in [9.17, 15) is 4.79 Å². The molecule has 0 saturated carbocycles. The standard InChI is InChI=1S/C14H12BrCl2NO2S/c1-18(7-10-3-5-13(15)21-10)14(19)8-20-12-4-2-9(16)6-11(12)17/h2-6H,7-8H2,1H3. The Morgan fingerprint density at radius 1 is 1.33 bits per heavy atom. The zero-order chi connectivity index (χ0) is 15.4. The molecule has 0 unspecified atom stereocenters. The van der Waals surface area contributed by atoms with Crippen LogP contribution in [0.2, 0.25) is 10.0 Å². The number of carbonyl (C=O) groups is 1. The Balaban J connectivity index is 1.89. The van der Waals surface area contributed by atoms with Crippen LogP contribution < -0.4 is 4.74 Å². The van der Waals surface area contributed by atoms with E-state index in [1.807, 2.05) is 12.1 Å². The molecule has 7 heteroatoms. The Kier molecular flexibility index (Phi) is 5.93. The molecule has 0 fully saturated rings. The zero-order valence-electron chi connectivity index (χ0n) is 11.1. The van der Waals surface area contributed by atoms with Gasteiger partial charge in [-0.2, -0.15) is 0 Å². The quantitative estimate of drug-likeness (QED) is 0.707. The number of likely N-dealkylation sites (N-methyl/N-ethyl adjacent to an activating group) is 1. The predicted octanol–water partition coefficient (Wildman–Crippen LogP) is 4.85. The fraction of sp³-hybridized carbons (Fsp3) is 0.214. The van der Waals surface area contributed by atoms with Crippen LogP contribution in [-0.2, 0) is 11.3 Å². The van der Waals surface area contributed by atoms with Crippen molar-refractivity contribution in [2.45, 2.75) is 6.54 Å². The summed E-state index contributed by atoms with van der Waals surface area (Å²) in [6.45, 7) is 0.483. The molecule has 0 N–H and O–H groups in total. The summed E-state index contributed by atoms with van der Waals surface area (Å²) in [7, 11) is 1.74. The lowest BCUT2D eigenvalue weighted by atomic mass is 10.3. The van der Waals surface area contributed by atoms with Crippen LogP contribution in [-0.4, -0.2) is 24.5 Å². The molecule has 1 aromatic heterocycles. The molecule has 0 radical (unpaired) electrons. The molecule has 0 saturated heterocycles. The van der Waals surface area contributed by atoms with Gasteiger partial charge in [-0.05, 0) is 46.3 Å². The molecular formula is C14H12BrCl2NO2S. The smallest absolute Gasteiger partial charge is 0.260 e. The molecule has 3 nitrogen and oxygen atoms in total. The number of halogens is 3. The van der Waals surface area contributed by atoms with Gasteiger partial charge >= 0.3 is 0 Å². The van der Waals surface area contributed by atoms with Crippen molar-refractivity contribution in [1.82, 2.24) is 4.90 Å². The topological polar surface area (TPSA) is 29.5 Å². The Hall–Kier alpha value is -0.750. The lowest BCUT2D eigenvalue weighted by Gasteiger charge is -2.17. The van der Waals surface area contributed by atoms with Crippen molar-refractivity contribution < 1.29 is 9.53 Å². The highest BCUT2D eigenvalue weighted by atomic mass is 79.9. The molecule has 0 atom stereocenters. The number of ether oxygens (including phenoxy) is 1. The van der Waals surface area contributed by atoms with Crippen molar-refractivity contribution in [3.8, 4) is 5.75 Å². The largest absolute Gasteiger partial charge is 0.482 e. The minimum absolute atomic E-state index is 0.0651. The van der Waals surface area contributed by atoms with Gasteiger partial charge in [0.25, 0.3) is 5.91 Å². The Morgan fingerprint density at radius 3 is 2.71 bits per heavy atom. The zero-order valence-corrected chi connectivity index (χ0v) is 15.0. The monoisotopic (exact) mass is 407 g/mol. The van der Waals surface area contributed by atoms with E-state index in [0.29, 0.717) is 22.3 Å². The minimum atomic E-state index is -0.120. The summed E-state index contributed by atoms with van der Waals surface area (Å²) in [5.74, 6) is 0.326. The molecular weight excluding hydrogens is 397 g/mol. The average Bonchev–Trinajstić information content (AvgIpc) is 2.82. The summed E-state index contributed by atoms with van der Waals surface area (Å²) in [5, 5.41) is 0.916. The normalized spacial score (nSPS) is 10.5. The Labute approximate surface area is 145 Å². The summed E-state index contributed by atoms with van der Waals surface area (Å²) in [5.41, 5.74) is 0. The van der Waals surface area contributed by atoms with E-state index in [0.717, 1.165) is 8.66 Å². The third-order valence-corrected chi connectivity index (χ3v) is 4.83. The number of benzene rings is 1. The van der Waals surface area contributed by atoms with Crippen molar-refractivity contribution in [3.63, 3.8) is 0 Å². The van der Waals surface area contributed by atoms with Crippen molar-refractivity contribution in [3.05, 3.63) is 49.0 Å². The van der Waals surface area contributed by atoms with Crippen LogP contribution >= 0.6 is 50.5 Å². The molecule has 0 aliphatic heterocycles. The van der Waals surface area contributed by atoms with Gasteiger partial charge in [0, 0.05) is 16.9 Å². The second-order valence-corrected chi connectivity index (χ2v) is 7.71. The van der Waals surface area contributed by atoms with Crippen LogP contribution in [0.5, 0.6) is 5.75 Å². The van der Waals surface area contributed by atoms with Crippen LogP contribution in [0.15, 0.2) is 34.1 Å². The maximum atomic E-state index is 12.0. The first-order valence-corrected chi connectivity index (χ1v) is 8.38. The molecule has 2 aromatic rings. The van der Waals surface area contributed by atoms with E-state index in [-0.39, 0.29) is 12.5 Å². The van der Waals surface area contributed by atoms with E-state index >= 15 is 0 Å². The van der Waals surface area contributed by atoms with Crippen molar-refractivity contribution in [2.24, 2.45) is 0 Å². The van der Waals surface area contributed by atoms with Gasteiger partial charge < -0.3 is 9.64 Å². The summed E-state index contributed by atoms with van der Waals surface area (Å²) < 4.78 is 6.47. The van der Waals surface area contributed by atoms with Gasteiger partial charge in [0.1, 0.15) is 5.75 Å². The van der Waals surface area contributed by atoms with E-state index in [4.69, 9.17) is 27.9 Å². The fourth-order valence-electron chi connectivity index (χ4n) is 1.60. The van der Waals surface area contributed by atoms with Gasteiger partial charge in [0.15, 0.2) is 6.61 Å². The van der Waals surface area contributed by atoms with Crippen LogP contribution in [0.3, 0.4) is 0 Å². The van der Waals surface area contributed by atoms with Crippen LogP contribution in [0.25, 0.3) is 0 Å². The Morgan fingerprint density at radius 2 is 2.10 bits per heavy atom. The molecule has 0 aliphatic rings. The number of amides is 1. The van der Waals surface area contributed by atoms with Crippen LogP contribution in [0.4, 0.5) is 0 Å². The van der Waals surface area contributed by atoms with Gasteiger partial charge in [-0.25, -0.2) is 0 Å². The number of carbonyl (C=O) groups excluding carboxylic acids is 1. The van der Waals surface area contributed by atoms with Gasteiger partial charge in [0.2, 0.25) is 0 Å². The molecule has 112 valence electrons.